The molecule has 0 aliphatic heterocycles. The summed E-state index contributed by atoms with van der Waals surface area (Å²) in [6.07, 6.45) is -0.468. The highest BCUT2D eigenvalue weighted by molar-refractivity contribution is 7.19. The monoisotopic (exact) mass is 397 g/mol. The Kier molecular flexibility index (Phi) is 6.87. The van der Waals surface area contributed by atoms with Gasteiger partial charge in [0.25, 0.3) is 0 Å². The smallest absolute Gasteiger partial charge is 0.298 e. The summed E-state index contributed by atoms with van der Waals surface area (Å²) in [4.78, 5) is 3.47. The van der Waals surface area contributed by atoms with Crippen molar-refractivity contribution in [2.75, 3.05) is 13.6 Å². The summed E-state index contributed by atoms with van der Waals surface area (Å²) in [7, 11) is 2.03. The maximum atomic E-state index is 12.5. The van der Waals surface area contributed by atoms with Gasteiger partial charge in [0.2, 0.25) is 0 Å². The lowest BCUT2D eigenvalue weighted by atomic mass is 10.1. The second kappa shape index (κ2) is 8.71. The largest absolute Gasteiger partial charge is 0.416 e. The summed E-state index contributed by atoms with van der Waals surface area (Å²) in [5.74, 6) is 0. The average Bonchev–Trinajstić information content (AvgIpc) is 2.96. The van der Waals surface area contributed by atoms with Crippen molar-refractivity contribution in [1.82, 2.24) is 4.90 Å². The third kappa shape index (κ3) is 5.34. The van der Waals surface area contributed by atoms with Crippen molar-refractivity contribution in [2.45, 2.75) is 12.7 Å². The van der Waals surface area contributed by atoms with Crippen LogP contribution >= 0.6 is 23.7 Å². The van der Waals surface area contributed by atoms with Gasteiger partial charge < -0.3 is 0 Å². The van der Waals surface area contributed by atoms with Gasteiger partial charge in [-0.1, -0.05) is 42.5 Å². The van der Waals surface area contributed by atoms with Crippen LogP contribution in [0.1, 0.15) is 16.0 Å². The zero-order valence-electron chi connectivity index (χ0n) is 14.2. The van der Waals surface area contributed by atoms with Crippen LogP contribution in [0.5, 0.6) is 0 Å². The topological polar surface area (TPSA) is 3.24 Å². The second-order valence-corrected chi connectivity index (χ2v) is 7.14. The van der Waals surface area contributed by atoms with E-state index in [0.717, 1.165) is 30.8 Å². The van der Waals surface area contributed by atoms with Crippen molar-refractivity contribution >= 4 is 39.9 Å². The molecule has 6 heteroatoms. The Morgan fingerprint density at radius 1 is 1.04 bits per heavy atom. The molecule has 0 N–H and O–H groups in total. The molecule has 1 nitrogen and oxygen atoms in total. The first-order valence-electron chi connectivity index (χ1n) is 7.91. The third-order valence-corrected chi connectivity index (χ3v) is 4.97. The first-order valence-corrected chi connectivity index (χ1v) is 8.73. The zero-order chi connectivity index (χ0) is 17.9. The van der Waals surface area contributed by atoms with Crippen LogP contribution in [0.15, 0.2) is 60.7 Å². The van der Waals surface area contributed by atoms with Gasteiger partial charge in [-0.25, -0.2) is 0 Å². The molecule has 0 unspecified atom stereocenters. The molecule has 1 aromatic heterocycles. The van der Waals surface area contributed by atoms with Gasteiger partial charge in [-0.05, 0) is 42.3 Å². The summed E-state index contributed by atoms with van der Waals surface area (Å²) >= 11 is 1.79. The molecule has 0 amide bonds. The fourth-order valence-electron chi connectivity index (χ4n) is 2.60. The summed E-state index contributed by atoms with van der Waals surface area (Å²) in [6.45, 7) is 1.58. The lowest BCUT2D eigenvalue weighted by Gasteiger charge is -2.12. The Morgan fingerprint density at radius 2 is 1.73 bits per heavy atom. The fraction of sp³-hybridized carbons (Fsp3) is 0.200. The molecule has 1 heterocycles. The number of hydrogen-bond donors (Lipinski definition) is 0. The molecule has 0 bridgehead atoms. The number of alkyl halides is 3. The number of fused-ring (bicyclic) bond motifs is 1. The Hall–Kier alpha value is -1.82. The number of hydrogen-bond acceptors (Lipinski definition) is 2. The Bertz CT molecular complexity index is 836. The molecule has 0 spiro atoms. The minimum Gasteiger partial charge on any atom is -0.298 e. The van der Waals surface area contributed by atoms with Crippen molar-refractivity contribution in [3.05, 3.63) is 76.7 Å². The quantitative estimate of drug-likeness (QED) is 0.475. The number of rotatable bonds is 5. The molecular weight excluding hydrogens is 379 g/mol. The zero-order valence-corrected chi connectivity index (χ0v) is 15.8. The number of likely N-dealkylation sites (N-methyl/N-ethyl adjacent to an activating group) is 1. The average molecular weight is 398 g/mol. The molecule has 138 valence electrons. The molecule has 0 radical (unpaired) electrons. The molecule has 0 aliphatic rings. The van der Waals surface area contributed by atoms with E-state index in [1.54, 1.807) is 11.3 Å². The van der Waals surface area contributed by atoms with Crippen LogP contribution in [-0.4, -0.2) is 18.5 Å². The molecule has 0 saturated heterocycles. The normalized spacial score (nSPS) is 12.0. The van der Waals surface area contributed by atoms with Crippen molar-refractivity contribution < 1.29 is 13.2 Å². The van der Waals surface area contributed by atoms with E-state index < -0.39 is 11.7 Å². The van der Waals surface area contributed by atoms with E-state index in [9.17, 15) is 13.2 Å². The van der Waals surface area contributed by atoms with Crippen LogP contribution in [0.2, 0.25) is 0 Å². The molecule has 0 aliphatic carbocycles. The van der Waals surface area contributed by atoms with E-state index in [4.69, 9.17) is 0 Å². The number of thiophene rings is 1. The number of nitrogens with zero attached hydrogens (tertiary/aromatic N) is 1. The Labute approximate surface area is 161 Å². The molecule has 3 aromatic rings. The molecule has 2 aromatic carbocycles. The molecule has 0 fully saturated rings. The van der Waals surface area contributed by atoms with Gasteiger partial charge in [0, 0.05) is 22.7 Å². The highest BCUT2D eigenvalue weighted by atomic mass is 35.5. The highest BCUT2D eigenvalue weighted by Crippen LogP contribution is 2.29. The molecule has 3 rings (SSSR count). The van der Waals surface area contributed by atoms with Gasteiger partial charge in [0.15, 0.2) is 0 Å². The standard InChI is InChI=1S/C20H18F3NS.ClH/c1-24(14-18-13-16-6-2-3-7-19(16)25-18)12-4-5-15-8-10-17(11-9-15)20(21,22)23;/h2-11,13H,12,14H2,1H3;1H/b5-4+;. The minimum atomic E-state index is -4.29. The summed E-state index contributed by atoms with van der Waals surface area (Å²) in [6, 6.07) is 15.7. The van der Waals surface area contributed by atoms with Crippen LogP contribution in [-0.2, 0) is 12.7 Å². The molecular formula is C20H19ClF3NS. The second-order valence-electron chi connectivity index (χ2n) is 5.97. The molecule has 0 saturated carbocycles. The predicted octanol–water partition coefficient (Wildman–Crippen LogP) is 6.49. The van der Waals surface area contributed by atoms with Gasteiger partial charge in [-0.3, -0.25) is 4.90 Å². The van der Waals surface area contributed by atoms with Gasteiger partial charge in [-0.15, -0.1) is 23.7 Å². The summed E-state index contributed by atoms with van der Waals surface area (Å²) < 4.78 is 38.9. The lowest BCUT2D eigenvalue weighted by molar-refractivity contribution is -0.137. The third-order valence-electron chi connectivity index (χ3n) is 3.87. The lowest BCUT2D eigenvalue weighted by Crippen LogP contribution is -2.16. The van der Waals surface area contributed by atoms with Crippen molar-refractivity contribution in [3.63, 3.8) is 0 Å². The van der Waals surface area contributed by atoms with Gasteiger partial charge in [0.05, 0.1) is 5.56 Å². The van der Waals surface area contributed by atoms with Gasteiger partial charge >= 0.3 is 6.18 Å². The first-order chi connectivity index (χ1) is 11.9. The highest BCUT2D eigenvalue weighted by Gasteiger charge is 2.29. The van der Waals surface area contributed by atoms with Crippen molar-refractivity contribution in [2.24, 2.45) is 0 Å². The van der Waals surface area contributed by atoms with Gasteiger partial charge in [0.1, 0.15) is 0 Å². The Morgan fingerprint density at radius 3 is 2.38 bits per heavy atom. The maximum Gasteiger partial charge on any atom is 0.416 e. The molecule has 0 atom stereocenters. The minimum absolute atomic E-state index is 0. The van der Waals surface area contributed by atoms with Crippen LogP contribution in [0.4, 0.5) is 13.2 Å². The van der Waals surface area contributed by atoms with E-state index in [1.165, 1.54) is 27.1 Å². The van der Waals surface area contributed by atoms with Crippen LogP contribution < -0.4 is 0 Å². The van der Waals surface area contributed by atoms with E-state index >= 15 is 0 Å². The van der Waals surface area contributed by atoms with E-state index in [0.29, 0.717) is 0 Å². The first kappa shape index (κ1) is 20.5. The van der Waals surface area contributed by atoms with E-state index in [-0.39, 0.29) is 12.4 Å². The van der Waals surface area contributed by atoms with Crippen LogP contribution in [0.25, 0.3) is 16.2 Å². The Balaban J connectivity index is 0.00000243. The van der Waals surface area contributed by atoms with Gasteiger partial charge in [-0.2, -0.15) is 13.2 Å². The molecule has 26 heavy (non-hydrogen) atoms. The van der Waals surface area contributed by atoms with Crippen LogP contribution in [0.3, 0.4) is 0 Å². The summed E-state index contributed by atoms with van der Waals surface area (Å²) in [5, 5.41) is 1.26. The SMILES string of the molecule is CN(C/C=C/c1ccc(C(F)(F)F)cc1)Cc1cc2ccccc2s1.Cl. The fourth-order valence-corrected chi connectivity index (χ4v) is 3.74. The predicted molar refractivity (Wildman–Crippen MR) is 106 cm³/mol. The number of benzene rings is 2. The number of halogens is 4. The van der Waals surface area contributed by atoms with E-state index in [1.807, 2.05) is 31.3 Å². The van der Waals surface area contributed by atoms with Crippen LogP contribution in [0, 0.1) is 0 Å². The summed E-state index contributed by atoms with van der Waals surface area (Å²) in [5.41, 5.74) is 0.148. The maximum absolute atomic E-state index is 12.5. The van der Waals surface area contributed by atoms with E-state index in [2.05, 4.69) is 23.1 Å². The van der Waals surface area contributed by atoms with Crippen molar-refractivity contribution in [1.29, 1.82) is 0 Å². The van der Waals surface area contributed by atoms with Crippen molar-refractivity contribution in [3.8, 4) is 0 Å².